The zero-order valence-corrected chi connectivity index (χ0v) is 18.1. The molecule has 1 N–H and O–H groups in total. The van der Waals surface area contributed by atoms with Gasteiger partial charge in [-0.15, -0.1) is 0 Å². The van der Waals surface area contributed by atoms with Crippen molar-refractivity contribution in [3.63, 3.8) is 0 Å². The normalized spacial score (nSPS) is 16.2. The van der Waals surface area contributed by atoms with Crippen molar-refractivity contribution in [2.45, 2.75) is 6.04 Å². The van der Waals surface area contributed by atoms with E-state index in [9.17, 15) is 4.39 Å². The van der Waals surface area contributed by atoms with Crippen molar-refractivity contribution >= 4 is 0 Å². The maximum atomic E-state index is 14.9. The smallest absolute Gasteiger partial charge is 0.131 e. The minimum absolute atomic E-state index is 0.00490. The fraction of sp³-hybridized carbons (Fsp3) is 0.231. The van der Waals surface area contributed by atoms with Gasteiger partial charge in [0.05, 0.1) is 17.9 Å². The molecule has 1 aliphatic heterocycles. The summed E-state index contributed by atoms with van der Waals surface area (Å²) in [5, 5.41) is 7.15. The van der Waals surface area contributed by atoms with Gasteiger partial charge in [0.2, 0.25) is 0 Å². The molecular formula is C26H26FN5. The standard InChI is InChI=1S/C26H26FN5/c1-31-11-13-32(14-12-31)26(21-17-29-30-18-21)20-15-23(22-9-5-6-10-24(22)27)25(28-16-20)19-7-3-2-4-8-19/h2-10,15-18,26H,11-14H2,1H3,(H,29,30). The minimum Gasteiger partial charge on any atom is -0.304 e. The topological polar surface area (TPSA) is 48.0 Å². The van der Waals surface area contributed by atoms with Crippen LogP contribution in [0.25, 0.3) is 22.4 Å². The number of likely N-dealkylation sites (N-methyl/N-ethyl adjacent to an activating group) is 1. The molecule has 1 fully saturated rings. The molecule has 1 saturated heterocycles. The van der Waals surface area contributed by atoms with E-state index in [0.717, 1.165) is 54.1 Å². The zero-order valence-electron chi connectivity index (χ0n) is 18.1. The van der Waals surface area contributed by atoms with E-state index in [0.29, 0.717) is 5.56 Å². The number of hydrogen-bond donors (Lipinski definition) is 1. The minimum atomic E-state index is -0.247. The molecule has 2 aromatic heterocycles. The Morgan fingerprint density at radius 2 is 1.62 bits per heavy atom. The molecule has 0 spiro atoms. The van der Waals surface area contributed by atoms with Gasteiger partial charge in [0.1, 0.15) is 5.82 Å². The van der Waals surface area contributed by atoms with Gasteiger partial charge in [-0.25, -0.2) is 4.39 Å². The lowest BCUT2D eigenvalue weighted by molar-refractivity contribution is 0.127. The first-order valence-corrected chi connectivity index (χ1v) is 10.9. The lowest BCUT2D eigenvalue weighted by Gasteiger charge is -2.38. The molecule has 32 heavy (non-hydrogen) atoms. The van der Waals surface area contributed by atoms with Crippen molar-refractivity contribution in [2.75, 3.05) is 33.2 Å². The molecule has 3 heterocycles. The van der Waals surface area contributed by atoms with Crippen molar-refractivity contribution in [3.05, 3.63) is 96.2 Å². The Balaban J connectivity index is 1.65. The lowest BCUT2D eigenvalue weighted by atomic mass is 9.93. The van der Waals surface area contributed by atoms with Crippen LogP contribution in [0.3, 0.4) is 0 Å². The second-order valence-electron chi connectivity index (χ2n) is 8.28. The summed E-state index contributed by atoms with van der Waals surface area (Å²) >= 11 is 0. The van der Waals surface area contributed by atoms with E-state index in [1.807, 2.05) is 61.1 Å². The van der Waals surface area contributed by atoms with Crippen LogP contribution >= 0.6 is 0 Å². The summed E-state index contributed by atoms with van der Waals surface area (Å²) in [6.45, 7) is 3.90. The third kappa shape index (κ3) is 4.07. The highest BCUT2D eigenvalue weighted by molar-refractivity contribution is 5.81. The van der Waals surface area contributed by atoms with E-state index < -0.39 is 0 Å². The van der Waals surface area contributed by atoms with Crippen molar-refractivity contribution in [1.82, 2.24) is 25.0 Å². The Hall–Kier alpha value is -3.35. The van der Waals surface area contributed by atoms with Gasteiger partial charge in [-0.05, 0) is 24.7 Å². The van der Waals surface area contributed by atoms with E-state index >= 15 is 0 Å². The third-order valence-corrected chi connectivity index (χ3v) is 6.17. The molecule has 6 heteroatoms. The van der Waals surface area contributed by atoms with Crippen LogP contribution in [0.15, 0.2) is 79.3 Å². The summed E-state index contributed by atoms with van der Waals surface area (Å²) in [6, 6.07) is 19.0. The first-order valence-electron chi connectivity index (χ1n) is 10.9. The fourth-order valence-corrected chi connectivity index (χ4v) is 4.45. The van der Waals surface area contributed by atoms with E-state index in [4.69, 9.17) is 4.98 Å². The van der Waals surface area contributed by atoms with Crippen LogP contribution in [0.5, 0.6) is 0 Å². The molecule has 0 bridgehead atoms. The molecule has 0 saturated carbocycles. The van der Waals surface area contributed by atoms with Gasteiger partial charge in [-0.1, -0.05) is 48.5 Å². The van der Waals surface area contributed by atoms with E-state index in [2.05, 4.69) is 33.1 Å². The molecule has 4 aromatic rings. The van der Waals surface area contributed by atoms with Crippen LogP contribution in [0.2, 0.25) is 0 Å². The maximum Gasteiger partial charge on any atom is 0.131 e. The lowest BCUT2D eigenvalue weighted by Crippen LogP contribution is -2.46. The molecule has 162 valence electrons. The van der Waals surface area contributed by atoms with Crippen molar-refractivity contribution < 1.29 is 4.39 Å². The number of rotatable bonds is 5. The number of hydrogen-bond acceptors (Lipinski definition) is 4. The van der Waals surface area contributed by atoms with Gasteiger partial charge in [0, 0.05) is 60.8 Å². The summed E-state index contributed by atoms with van der Waals surface area (Å²) in [7, 11) is 2.15. The zero-order chi connectivity index (χ0) is 21.9. The first-order chi connectivity index (χ1) is 15.7. The Kier molecular flexibility index (Phi) is 5.79. The third-order valence-electron chi connectivity index (χ3n) is 6.17. The van der Waals surface area contributed by atoms with Crippen LogP contribution in [-0.4, -0.2) is 58.2 Å². The van der Waals surface area contributed by atoms with Crippen LogP contribution in [0.1, 0.15) is 17.2 Å². The first kappa shape index (κ1) is 20.5. The summed E-state index contributed by atoms with van der Waals surface area (Å²) in [4.78, 5) is 9.66. The highest BCUT2D eigenvalue weighted by Gasteiger charge is 2.27. The van der Waals surface area contributed by atoms with Crippen molar-refractivity contribution in [3.8, 4) is 22.4 Å². The van der Waals surface area contributed by atoms with Crippen LogP contribution in [0.4, 0.5) is 4.39 Å². The molecule has 0 radical (unpaired) electrons. The predicted molar refractivity (Wildman–Crippen MR) is 125 cm³/mol. The largest absolute Gasteiger partial charge is 0.304 e. The van der Waals surface area contributed by atoms with E-state index in [1.165, 1.54) is 6.07 Å². The number of H-pyrrole nitrogens is 1. The molecule has 0 amide bonds. The number of aromatic nitrogens is 3. The fourth-order valence-electron chi connectivity index (χ4n) is 4.45. The van der Waals surface area contributed by atoms with Crippen LogP contribution in [0, 0.1) is 5.82 Å². The molecule has 2 aromatic carbocycles. The monoisotopic (exact) mass is 427 g/mol. The predicted octanol–water partition coefficient (Wildman–Crippen LogP) is 4.61. The Morgan fingerprint density at radius 3 is 2.34 bits per heavy atom. The number of pyridine rings is 1. The summed E-state index contributed by atoms with van der Waals surface area (Å²) in [5.41, 5.74) is 5.23. The maximum absolute atomic E-state index is 14.9. The number of nitrogens with zero attached hydrogens (tertiary/aromatic N) is 4. The van der Waals surface area contributed by atoms with Gasteiger partial charge < -0.3 is 4.90 Å². The number of benzene rings is 2. The molecule has 5 rings (SSSR count). The number of halogens is 1. The SMILES string of the molecule is CN1CCN(C(c2cn[nH]c2)c2cnc(-c3ccccc3)c(-c3ccccc3F)c2)CC1. The molecule has 1 aliphatic rings. The number of piperazine rings is 1. The Bertz CT molecular complexity index is 1170. The van der Waals surface area contributed by atoms with Gasteiger partial charge >= 0.3 is 0 Å². The Labute approximate surface area is 187 Å². The highest BCUT2D eigenvalue weighted by atomic mass is 19.1. The van der Waals surface area contributed by atoms with Crippen LogP contribution < -0.4 is 0 Å². The number of nitrogens with one attached hydrogen (secondary N) is 1. The van der Waals surface area contributed by atoms with E-state index in [1.54, 1.807) is 6.07 Å². The van der Waals surface area contributed by atoms with Crippen molar-refractivity contribution in [1.29, 1.82) is 0 Å². The number of aromatic amines is 1. The second kappa shape index (κ2) is 9.02. The molecule has 1 unspecified atom stereocenters. The van der Waals surface area contributed by atoms with Gasteiger partial charge in [0.25, 0.3) is 0 Å². The quantitative estimate of drug-likeness (QED) is 0.505. The van der Waals surface area contributed by atoms with Gasteiger partial charge in [0.15, 0.2) is 0 Å². The summed E-state index contributed by atoms with van der Waals surface area (Å²) in [6.07, 6.45) is 5.75. The second-order valence-corrected chi connectivity index (χ2v) is 8.28. The summed E-state index contributed by atoms with van der Waals surface area (Å²) in [5.74, 6) is -0.247. The van der Waals surface area contributed by atoms with E-state index in [-0.39, 0.29) is 11.9 Å². The Morgan fingerprint density at radius 1 is 0.875 bits per heavy atom. The molecule has 0 aliphatic carbocycles. The molecule has 5 nitrogen and oxygen atoms in total. The van der Waals surface area contributed by atoms with Gasteiger partial charge in [-0.2, -0.15) is 5.10 Å². The molecule has 1 atom stereocenters. The van der Waals surface area contributed by atoms with Crippen molar-refractivity contribution in [2.24, 2.45) is 0 Å². The van der Waals surface area contributed by atoms with Crippen LogP contribution in [-0.2, 0) is 0 Å². The summed E-state index contributed by atoms with van der Waals surface area (Å²) < 4.78 is 14.9. The average molecular weight is 428 g/mol. The highest BCUT2D eigenvalue weighted by Crippen LogP contribution is 2.36. The van der Waals surface area contributed by atoms with Gasteiger partial charge in [-0.3, -0.25) is 15.0 Å². The molecular weight excluding hydrogens is 401 g/mol. The average Bonchev–Trinajstić information content (AvgIpc) is 3.36.